The first kappa shape index (κ1) is 23.0. The number of rotatable bonds is 8. The molecule has 3 aromatic rings. The Kier molecular flexibility index (Phi) is 9.24. The van der Waals surface area contributed by atoms with Crippen molar-refractivity contribution < 1.29 is 4.74 Å². The molecule has 2 aromatic carbocycles. The maximum atomic E-state index is 5.75. The number of benzene rings is 2. The number of guanidine groups is 1. The highest BCUT2D eigenvalue weighted by atomic mass is 127. The van der Waals surface area contributed by atoms with Crippen LogP contribution in [0.4, 0.5) is 0 Å². The standard InChI is InChI=1S/C22H29N5O.HI/c1-4-28-20-14-16(2)11-12-17(20)15-25-22(23-3)24-13-7-10-21-26-18-8-5-6-9-19(18)27-21;/h5-6,8-9,11-12,14H,4,7,10,13,15H2,1-3H3,(H,26,27)(H2,23,24,25);1H. The minimum atomic E-state index is 0. The number of nitrogens with zero attached hydrogens (tertiary/aromatic N) is 2. The van der Waals surface area contributed by atoms with Crippen LogP contribution in [-0.4, -0.2) is 36.1 Å². The minimum absolute atomic E-state index is 0. The number of ether oxygens (including phenoxy) is 1. The van der Waals surface area contributed by atoms with Crippen LogP contribution < -0.4 is 15.4 Å². The summed E-state index contributed by atoms with van der Waals surface area (Å²) < 4.78 is 5.75. The van der Waals surface area contributed by atoms with Crippen LogP contribution in [-0.2, 0) is 13.0 Å². The van der Waals surface area contributed by atoms with Gasteiger partial charge in [-0.2, -0.15) is 0 Å². The Morgan fingerprint density at radius 1 is 1.17 bits per heavy atom. The van der Waals surface area contributed by atoms with Gasteiger partial charge in [0.25, 0.3) is 0 Å². The molecule has 29 heavy (non-hydrogen) atoms. The summed E-state index contributed by atoms with van der Waals surface area (Å²) in [6, 6.07) is 14.4. The van der Waals surface area contributed by atoms with Crippen molar-refractivity contribution in [3.63, 3.8) is 0 Å². The lowest BCUT2D eigenvalue weighted by Crippen LogP contribution is -2.37. The number of aromatic amines is 1. The second kappa shape index (κ2) is 11.6. The molecule has 0 bridgehead atoms. The Balaban J connectivity index is 0.00000300. The number of H-pyrrole nitrogens is 1. The molecule has 0 saturated heterocycles. The van der Waals surface area contributed by atoms with Crippen molar-refractivity contribution in [2.24, 2.45) is 4.99 Å². The third-order valence-electron chi connectivity index (χ3n) is 4.51. The second-order valence-electron chi connectivity index (χ2n) is 6.70. The van der Waals surface area contributed by atoms with E-state index < -0.39 is 0 Å². The number of aliphatic imine (C=N–C) groups is 1. The second-order valence-corrected chi connectivity index (χ2v) is 6.70. The summed E-state index contributed by atoms with van der Waals surface area (Å²) in [7, 11) is 1.78. The minimum Gasteiger partial charge on any atom is -0.494 e. The number of aromatic nitrogens is 2. The molecule has 156 valence electrons. The fourth-order valence-corrected chi connectivity index (χ4v) is 3.08. The molecule has 0 aliphatic heterocycles. The highest BCUT2D eigenvalue weighted by Crippen LogP contribution is 2.20. The highest BCUT2D eigenvalue weighted by Gasteiger charge is 2.06. The topological polar surface area (TPSA) is 74.3 Å². The Morgan fingerprint density at radius 3 is 2.76 bits per heavy atom. The molecule has 3 N–H and O–H groups in total. The van der Waals surface area contributed by atoms with E-state index in [2.05, 4.69) is 56.8 Å². The molecular weight excluding hydrogens is 477 g/mol. The number of hydrogen-bond acceptors (Lipinski definition) is 3. The molecule has 6 nitrogen and oxygen atoms in total. The maximum absolute atomic E-state index is 5.75. The molecule has 0 aliphatic rings. The van der Waals surface area contributed by atoms with Gasteiger partial charge in [-0.05, 0) is 44.0 Å². The normalized spacial score (nSPS) is 11.2. The number of imidazole rings is 1. The number of fused-ring (bicyclic) bond motifs is 1. The van der Waals surface area contributed by atoms with E-state index in [1.165, 1.54) is 5.56 Å². The van der Waals surface area contributed by atoms with Gasteiger partial charge < -0.3 is 20.4 Å². The van der Waals surface area contributed by atoms with E-state index in [0.29, 0.717) is 13.2 Å². The maximum Gasteiger partial charge on any atom is 0.191 e. The molecule has 0 saturated carbocycles. The zero-order valence-corrected chi connectivity index (χ0v) is 19.6. The SMILES string of the molecule is CCOc1cc(C)ccc1CNC(=NC)NCCCc1nc2ccccc2[nH]1.I. The van der Waals surface area contributed by atoms with Crippen LogP contribution in [0.1, 0.15) is 30.3 Å². The Labute approximate surface area is 189 Å². The number of para-hydroxylation sites is 2. The summed E-state index contributed by atoms with van der Waals surface area (Å²) in [5.74, 6) is 2.73. The number of hydrogen-bond donors (Lipinski definition) is 3. The van der Waals surface area contributed by atoms with Gasteiger partial charge in [-0.3, -0.25) is 4.99 Å². The molecule has 1 aromatic heterocycles. The average Bonchev–Trinajstić information content (AvgIpc) is 3.12. The van der Waals surface area contributed by atoms with Crippen LogP contribution in [0, 0.1) is 6.92 Å². The fourth-order valence-electron chi connectivity index (χ4n) is 3.08. The summed E-state index contributed by atoms with van der Waals surface area (Å²) in [5, 5.41) is 6.72. The summed E-state index contributed by atoms with van der Waals surface area (Å²) >= 11 is 0. The average molecular weight is 507 g/mol. The van der Waals surface area contributed by atoms with Crippen LogP contribution in [0.3, 0.4) is 0 Å². The Morgan fingerprint density at radius 2 is 2.00 bits per heavy atom. The lowest BCUT2D eigenvalue weighted by atomic mass is 10.1. The van der Waals surface area contributed by atoms with E-state index in [4.69, 9.17) is 4.74 Å². The van der Waals surface area contributed by atoms with Crippen molar-refractivity contribution in [1.29, 1.82) is 0 Å². The molecule has 0 fully saturated rings. The summed E-state index contributed by atoms with van der Waals surface area (Å²) in [4.78, 5) is 12.3. The van der Waals surface area contributed by atoms with E-state index in [9.17, 15) is 0 Å². The van der Waals surface area contributed by atoms with Crippen LogP contribution in [0.5, 0.6) is 5.75 Å². The number of halogens is 1. The van der Waals surface area contributed by atoms with E-state index in [-0.39, 0.29) is 24.0 Å². The van der Waals surface area contributed by atoms with Crippen molar-refractivity contribution in [2.45, 2.75) is 33.2 Å². The number of aryl methyl sites for hydroxylation is 2. The van der Waals surface area contributed by atoms with Gasteiger partial charge in [-0.25, -0.2) is 4.98 Å². The van der Waals surface area contributed by atoms with Gasteiger partial charge in [0.2, 0.25) is 0 Å². The van der Waals surface area contributed by atoms with E-state index in [0.717, 1.165) is 53.5 Å². The van der Waals surface area contributed by atoms with Gasteiger partial charge >= 0.3 is 0 Å². The third kappa shape index (κ3) is 6.62. The van der Waals surface area contributed by atoms with Crippen molar-refractivity contribution in [1.82, 2.24) is 20.6 Å². The van der Waals surface area contributed by atoms with E-state index >= 15 is 0 Å². The predicted molar refractivity (Wildman–Crippen MR) is 130 cm³/mol. The molecule has 1 heterocycles. The fraction of sp³-hybridized carbons (Fsp3) is 0.364. The molecule has 3 rings (SSSR count). The van der Waals surface area contributed by atoms with E-state index in [1.807, 2.05) is 25.1 Å². The van der Waals surface area contributed by atoms with Gasteiger partial charge in [0.1, 0.15) is 11.6 Å². The first-order valence-corrected chi connectivity index (χ1v) is 9.80. The lowest BCUT2D eigenvalue weighted by Gasteiger charge is -2.15. The van der Waals surface area contributed by atoms with Crippen LogP contribution in [0.25, 0.3) is 11.0 Å². The Bertz CT molecular complexity index is 905. The van der Waals surface area contributed by atoms with Gasteiger partial charge in [0.15, 0.2) is 5.96 Å². The zero-order valence-electron chi connectivity index (χ0n) is 17.3. The largest absolute Gasteiger partial charge is 0.494 e. The Hall–Kier alpha value is -2.29. The summed E-state index contributed by atoms with van der Waals surface area (Å²) in [5.41, 5.74) is 4.43. The van der Waals surface area contributed by atoms with E-state index in [1.54, 1.807) is 7.05 Å². The third-order valence-corrected chi connectivity index (χ3v) is 4.51. The van der Waals surface area contributed by atoms with Crippen molar-refractivity contribution >= 4 is 41.0 Å². The predicted octanol–water partition coefficient (Wildman–Crippen LogP) is 4.19. The molecule has 0 spiro atoms. The van der Waals surface area contributed by atoms with Crippen LogP contribution >= 0.6 is 24.0 Å². The first-order valence-electron chi connectivity index (χ1n) is 9.80. The van der Waals surface area contributed by atoms with Gasteiger partial charge in [-0.15, -0.1) is 24.0 Å². The van der Waals surface area contributed by atoms with Crippen molar-refractivity contribution in [2.75, 3.05) is 20.2 Å². The molecular formula is C22H30IN5O. The van der Waals surface area contributed by atoms with Gasteiger partial charge in [0.05, 0.1) is 17.6 Å². The van der Waals surface area contributed by atoms with Gasteiger partial charge in [-0.1, -0.05) is 24.3 Å². The molecule has 0 radical (unpaired) electrons. The first-order chi connectivity index (χ1) is 13.7. The molecule has 0 amide bonds. The lowest BCUT2D eigenvalue weighted by molar-refractivity contribution is 0.336. The van der Waals surface area contributed by atoms with Crippen LogP contribution in [0.2, 0.25) is 0 Å². The number of nitrogens with one attached hydrogen (secondary N) is 3. The molecule has 7 heteroatoms. The van der Waals surface area contributed by atoms with Crippen LogP contribution in [0.15, 0.2) is 47.5 Å². The highest BCUT2D eigenvalue weighted by molar-refractivity contribution is 14.0. The molecule has 0 atom stereocenters. The van der Waals surface area contributed by atoms with Crippen molar-refractivity contribution in [3.8, 4) is 5.75 Å². The zero-order chi connectivity index (χ0) is 19.8. The quantitative estimate of drug-likeness (QED) is 0.185. The molecule has 0 unspecified atom stereocenters. The van der Waals surface area contributed by atoms with Crippen molar-refractivity contribution in [3.05, 3.63) is 59.4 Å². The van der Waals surface area contributed by atoms with Gasteiger partial charge in [0, 0.05) is 32.1 Å². The summed E-state index contributed by atoms with van der Waals surface area (Å²) in [6.07, 6.45) is 1.86. The monoisotopic (exact) mass is 507 g/mol. The summed E-state index contributed by atoms with van der Waals surface area (Å²) in [6.45, 7) is 6.22. The molecule has 0 aliphatic carbocycles. The smallest absolute Gasteiger partial charge is 0.191 e.